The van der Waals surface area contributed by atoms with Crippen LogP contribution in [0.2, 0.25) is 0 Å². The van der Waals surface area contributed by atoms with Crippen molar-refractivity contribution in [2.75, 3.05) is 19.7 Å². The second kappa shape index (κ2) is 5.67. The van der Waals surface area contributed by atoms with Gasteiger partial charge in [0, 0.05) is 12.1 Å². The van der Waals surface area contributed by atoms with Crippen molar-refractivity contribution in [3.05, 3.63) is 0 Å². The number of aliphatic hydroxyl groups excluding tert-OH is 1. The maximum atomic E-state index is 11.7. The van der Waals surface area contributed by atoms with Gasteiger partial charge in [-0.1, -0.05) is 6.92 Å². The highest BCUT2D eigenvalue weighted by atomic mass is 16.3. The normalized spacial score (nSPS) is 28.1. The molecule has 0 bridgehead atoms. The predicted molar refractivity (Wildman–Crippen MR) is 65.9 cm³/mol. The number of nitrogens with one attached hydrogen (secondary N) is 2. The van der Waals surface area contributed by atoms with Gasteiger partial charge in [-0.25, -0.2) is 4.79 Å². The van der Waals surface area contributed by atoms with Crippen molar-refractivity contribution >= 4 is 11.9 Å². The lowest BCUT2D eigenvalue weighted by Crippen LogP contribution is -2.47. The molecule has 3 amide bonds. The number of aliphatic hydroxyl groups is 1. The fourth-order valence-electron chi connectivity index (χ4n) is 2.38. The van der Waals surface area contributed by atoms with Crippen LogP contribution in [-0.4, -0.2) is 53.7 Å². The standard InChI is InChI=1S/C12H21N3O3/c1-8-4-5-15(10(8)7-16)6-11(17)14-12(18)13-9-2-3-9/h8-10,16H,2-7H2,1H3,(H2,13,14,17,18). The molecule has 0 aromatic heterocycles. The lowest BCUT2D eigenvalue weighted by atomic mass is 10.0. The predicted octanol–water partition coefficient (Wildman–Crippen LogP) is -0.323. The van der Waals surface area contributed by atoms with Crippen LogP contribution in [0.15, 0.2) is 0 Å². The molecule has 0 radical (unpaired) electrons. The van der Waals surface area contributed by atoms with E-state index in [1.807, 2.05) is 4.90 Å². The van der Waals surface area contributed by atoms with E-state index in [0.29, 0.717) is 5.92 Å². The van der Waals surface area contributed by atoms with Crippen LogP contribution in [0.4, 0.5) is 4.79 Å². The number of hydrogen-bond donors (Lipinski definition) is 3. The molecule has 6 nitrogen and oxygen atoms in total. The van der Waals surface area contributed by atoms with Gasteiger partial charge in [0.25, 0.3) is 0 Å². The van der Waals surface area contributed by atoms with Crippen molar-refractivity contribution in [3.8, 4) is 0 Å². The first-order valence-corrected chi connectivity index (χ1v) is 6.55. The Labute approximate surface area is 107 Å². The fraction of sp³-hybridized carbons (Fsp3) is 0.833. The summed E-state index contributed by atoms with van der Waals surface area (Å²) < 4.78 is 0. The fourth-order valence-corrected chi connectivity index (χ4v) is 2.38. The molecule has 102 valence electrons. The molecule has 2 aliphatic rings. The Morgan fingerprint density at radius 2 is 2.06 bits per heavy atom. The van der Waals surface area contributed by atoms with Gasteiger partial charge in [0.1, 0.15) is 0 Å². The maximum absolute atomic E-state index is 11.7. The molecule has 0 aromatic carbocycles. The van der Waals surface area contributed by atoms with Gasteiger partial charge in [0.15, 0.2) is 0 Å². The first-order valence-electron chi connectivity index (χ1n) is 6.55. The van der Waals surface area contributed by atoms with Gasteiger partial charge in [-0.3, -0.25) is 15.0 Å². The van der Waals surface area contributed by atoms with E-state index in [2.05, 4.69) is 17.6 Å². The minimum Gasteiger partial charge on any atom is -0.395 e. The van der Waals surface area contributed by atoms with Crippen LogP contribution in [-0.2, 0) is 4.79 Å². The number of carbonyl (C=O) groups excluding carboxylic acids is 2. The van der Waals surface area contributed by atoms with Crippen molar-refractivity contribution in [1.29, 1.82) is 0 Å². The van der Waals surface area contributed by atoms with Crippen molar-refractivity contribution in [2.45, 2.75) is 38.3 Å². The molecule has 1 saturated carbocycles. The Morgan fingerprint density at radius 3 is 2.67 bits per heavy atom. The minimum absolute atomic E-state index is 0.0299. The van der Waals surface area contributed by atoms with Crippen molar-refractivity contribution < 1.29 is 14.7 Å². The summed E-state index contributed by atoms with van der Waals surface area (Å²) in [5.41, 5.74) is 0. The average Bonchev–Trinajstić information content (AvgIpc) is 3.03. The number of urea groups is 1. The molecular formula is C12H21N3O3. The Morgan fingerprint density at radius 1 is 1.33 bits per heavy atom. The molecule has 0 spiro atoms. The van der Waals surface area contributed by atoms with Crippen LogP contribution in [0.25, 0.3) is 0 Å². The molecule has 1 aliphatic heterocycles. The van der Waals surface area contributed by atoms with Crippen LogP contribution in [0.5, 0.6) is 0 Å². The smallest absolute Gasteiger partial charge is 0.321 e. The van der Waals surface area contributed by atoms with E-state index >= 15 is 0 Å². The average molecular weight is 255 g/mol. The molecule has 2 rings (SSSR count). The highest BCUT2D eigenvalue weighted by Gasteiger charge is 2.32. The second-order valence-electron chi connectivity index (χ2n) is 5.28. The summed E-state index contributed by atoms with van der Waals surface area (Å²) in [7, 11) is 0. The Kier molecular flexibility index (Phi) is 4.19. The Balaban J connectivity index is 1.74. The summed E-state index contributed by atoms with van der Waals surface area (Å²) >= 11 is 0. The number of rotatable bonds is 4. The number of likely N-dealkylation sites (tertiary alicyclic amines) is 1. The van der Waals surface area contributed by atoms with E-state index in [-0.39, 0.29) is 31.1 Å². The van der Waals surface area contributed by atoms with E-state index in [1.165, 1.54) is 0 Å². The van der Waals surface area contributed by atoms with Crippen molar-refractivity contribution in [1.82, 2.24) is 15.5 Å². The van der Waals surface area contributed by atoms with E-state index in [0.717, 1.165) is 25.8 Å². The van der Waals surface area contributed by atoms with Gasteiger partial charge in [-0.05, 0) is 31.7 Å². The van der Waals surface area contributed by atoms with Crippen LogP contribution in [0.1, 0.15) is 26.2 Å². The summed E-state index contributed by atoms with van der Waals surface area (Å²) in [6.07, 6.45) is 2.97. The van der Waals surface area contributed by atoms with Gasteiger partial charge in [0.2, 0.25) is 5.91 Å². The molecule has 0 aromatic rings. The van der Waals surface area contributed by atoms with Crippen molar-refractivity contribution in [2.24, 2.45) is 5.92 Å². The lowest BCUT2D eigenvalue weighted by Gasteiger charge is -2.24. The molecule has 2 atom stereocenters. The Bertz CT molecular complexity index is 331. The third kappa shape index (κ3) is 3.43. The van der Waals surface area contributed by atoms with E-state index in [9.17, 15) is 14.7 Å². The lowest BCUT2D eigenvalue weighted by molar-refractivity contribution is -0.121. The summed E-state index contributed by atoms with van der Waals surface area (Å²) in [5, 5.41) is 14.3. The molecule has 1 saturated heterocycles. The van der Waals surface area contributed by atoms with Gasteiger partial charge < -0.3 is 10.4 Å². The summed E-state index contributed by atoms with van der Waals surface area (Å²) in [5.74, 6) is 0.0868. The largest absolute Gasteiger partial charge is 0.395 e. The van der Waals surface area contributed by atoms with Crippen LogP contribution in [0.3, 0.4) is 0 Å². The van der Waals surface area contributed by atoms with Gasteiger partial charge in [-0.2, -0.15) is 0 Å². The highest BCUT2D eigenvalue weighted by molar-refractivity contribution is 5.95. The molecule has 6 heteroatoms. The van der Waals surface area contributed by atoms with Crippen LogP contribution < -0.4 is 10.6 Å². The molecular weight excluding hydrogens is 234 g/mol. The van der Waals surface area contributed by atoms with E-state index in [4.69, 9.17) is 0 Å². The van der Waals surface area contributed by atoms with E-state index in [1.54, 1.807) is 0 Å². The Hall–Kier alpha value is -1.14. The quantitative estimate of drug-likeness (QED) is 0.643. The number of amides is 3. The summed E-state index contributed by atoms with van der Waals surface area (Å²) in [6, 6.07) is -0.132. The molecule has 1 heterocycles. The number of imide groups is 1. The topological polar surface area (TPSA) is 81.7 Å². The van der Waals surface area contributed by atoms with Gasteiger partial charge in [0.05, 0.1) is 13.2 Å². The molecule has 1 aliphatic carbocycles. The zero-order valence-corrected chi connectivity index (χ0v) is 10.7. The molecule has 2 unspecified atom stereocenters. The summed E-state index contributed by atoms with van der Waals surface area (Å²) in [4.78, 5) is 25.0. The third-order valence-electron chi connectivity index (χ3n) is 3.70. The highest BCUT2D eigenvalue weighted by Crippen LogP contribution is 2.22. The number of hydrogen-bond acceptors (Lipinski definition) is 4. The number of nitrogens with zero attached hydrogens (tertiary/aromatic N) is 1. The summed E-state index contributed by atoms with van der Waals surface area (Å²) in [6.45, 7) is 3.10. The van der Waals surface area contributed by atoms with Crippen molar-refractivity contribution in [3.63, 3.8) is 0 Å². The first kappa shape index (κ1) is 13.3. The van der Waals surface area contributed by atoms with Crippen LogP contribution in [0, 0.1) is 5.92 Å². The molecule has 18 heavy (non-hydrogen) atoms. The maximum Gasteiger partial charge on any atom is 0.321 e. The third-order valence-corrected chi connectivity index (χ3v) is 3.70. The number of carbonyl (C=O) groups is 2. The zero-order chi connectivity index (χ0) is 13.1. The van der Waals surface area contributed by atoms with E-state index < -0.39 is 6.03 Å². The molecule has 3 N–H and O–H groups in total. The zero-order valence-electron chi connectivity index (χ0n) is 10.7. The monoisotopic (exact) mass is 255 g/mol. The molecule has 2 fully saturated rings. The SMILES string of the molecule is CC1CCN(CC(=O)NC(=O)NC2CC2)C1CO. The first-order chi connectivity index (χ1) is 8.60. The van der Waals surface area contributed by atoms with Crippen LogP contribution >= 0.6 is 0 Å². The van der Waals surface area contributed by atoms with Gasteiger partial charge in [-0.15, -0.1) is 0 Å². The van der Waals surface area contributed by atoms with Gasteiger partial charge >= 0.3 is 6.03 Å². The second-order valence-corrected chi connectivity index (χ2v) is 5.28. The minimum atomic E-state index is -0.407.